The first-order valence-electron chi connectivity index (χ1n) is 5.94. The third kappa shape index (κ3) is 3.11. The van der Waals surface area contributed by atoms with Gasteiger partial charge in [-0.05, 0) is 53.6 Å². The Kier molecular flexibility index (Phi) is 4.07. The second-order valence-electron chi connectivity index (χ2n) is 4.74. The Bertz CT molecular complexity index is 517. The molecule has 0 aliphatic heterocycles. The molecule has 1 aromatic heterocycles. The third-order valence-corrected chi connectivity index (χ3v) is 3.94. The Morgan fingerprint density at radius 2 is 2.00 bits per heavy atom. The van der Waals surface area contributed by atoms with Gasteiger partial charge in [0.2, 0.25) is 0 Å². The highest BCUT2D eigenvalue weighted by Crippen LogP contribution is 2.26. The van der Waals surface area contributed by atoms with Crippen molar-refractivity contribution in [2.75, 3.05) is 0 Å². The van der Waals surface area contributed by atoms with Crippen LogP contribution in [0.3, 0.4) is 0 Å². The summed E-state index contributed by atoms with van der Waals surface area (Å²) in [5, 5.41) is 10.5. The lowest BCUT2D eigenvalue weighted by molar-refractivity contribution is 0.0473. The van der Waals surface area contributed by atoms with Crippen LogP contribution < -0.4 is 0 Å². The van der Waals surface area contributed by atoms with Gasteiger partial charge in [-0.3, -0.25) is 0 Å². The van der Waals surface area contributed by atoms with E-state index < -0.39 is 5.60 Å². The van der Waals surface area contributed by atoms with Crippen molar-refractivity contribution in [3.63, 3.8) is 0 Å². The first kappa shape index (κ1) is 13.5. The lowest BCUT2D eigenvalue weighted by Crippen LogP contribution is -2.22. The van der Waals surface area contributed by atoms with Crippen LogP contribution in [0.25, 0.3) is 0 Å². The molecule has 1 unspecified atom stereocenters. The van der Waals surface area contributed by atoms with Gasteiger partial charge in [-0.1, -0.05) is 12.1 Å². The SMILES string of the molecule is Cn1ccnc1CCC(C)(O)c1ccc(I)cc1. The number of nitrogens with zero attached hydrogens (tertiary/aromatic N) is 2. The van der Waals surface area contributed by atoms with E-state index in [1.54, 1.807) is 6.20 Å². The van der Waals surface area contributed by atoms with Gasteiger partial charge in [0.05, 0.1) is 5.60 Å². The average molecular weight is 356 g/mol. The molecule has 96 valence electrons. The summed E-state index contributed by atoms with van der Waals surface area (Å²) < 4.78 is 3.17. The Hall–Kier alpha value is -0.880. The predicted octanol–water partition coefficient (Wildman–Crippen LogP) is 2.87. The van der Waals surface area contributed by atoms with E-state index in [4.69, 9.17) is 0 Å². The molecular weight excluding hydrogens is 339 g/mol. The molecule has 18 heavy (non-hydrogen) atoms. The standard InChI is InChI=1S/C14H17IN2O/c1-14(18,11-3-5-12(15)6-4-11)8-7-13-16-9-10-17(13)2/h3-6,9-10,18H,7-8H2,1-2H3. The summed E-state index contributed by atoms with van der Waals surface area (Å²) in [5.74, 6) is 1.00. The molecule has 0 fully saturated rings. The van der Waals surface area contributed by atoms with Crippen molar-refractivity contribution < 1.29 is 5.11 Å². The molecule has 0 saturated heterocycles. The number of benzene rings is 1. The van der Waals surface area contributed by atoms with Crippen molar-refractivity contribution in [1.82, 2.24) is 9.55 Å². The van der Waals surface area contributed by atoms with E-state index in [1.807, 2.05) is 49.0 Å². The summed E-state index contributed by atoms with van der Waals surface area (Å²) in [6.45, 7) is 1.86. The molecular formula is C14H17IN2O. The second kappa shape index (κ2) is 5.40. The van der Waals surface area contributed by atoms with Crippen LogP contribution in [-0.2, 0) is 19.1 Å². The molecule has 0 amide bonds. The number of rotatable bonds is 4. The van der Waals surface area contributed by atoms with Gasteiger partial charge in [0.15, 0.2) is 0 Å². The summed E-state index contributed by atoms with van der Waals surface area (Å²) in [6.07, 6.45) is 5.14. The van der Waals surface area contributed by atoms with E-state index in [0.29, 0.717) is 6.42 Å². The molecule has 4 heteroatoms. The number of aryl methyl sites for hydroxylation is 2. The predicted molar refractivity (Wildman–Crippen MR) is 80.3 cm³/mol. The number of aliphatic hydroxyl groups is 1. The minimum Gasteiger partial charge on any atom is -0.385 e. The van der Waals surface area contributed by atoms with Crippen LogP contribution in [0, 0.1) is 3.57 Å². The maximum Gasteiger partial charge on any atom is 0.108 e. The Morgan fingerprint density at radius 1 is 1.33 bits per heavy atom. The average Bonchev–Trinajstić information content (AvgIpc) is 2.73. The highest BCUT2D eigenvalue weighted by Gasteiger charge is 2.23. The van der Waals surface area contributed by atoms with Gasteiger partial charge in [0.1, 0.15) is 5.82 Å². The molecule has 2 aromatic rings. The molecule has 1 heterocycles. The lowest BCUT2D eigenvalue weighted by Gasteiger charge is -2.23. The van der Waals surface area contributed by atoms with Gasteiger partial charge >= 0.3 is 0 Å². The molecule has 0 radical (unpaired) electrons. The van der Waals surface area contributed by atoms with Gasteiger partial charge in [-0.15, -0.1) is 0 Å². The van der Waals surface area contributed by atoms with E-state index in [-0.39, 0.29) is 0 Å². The van der Waals surface area contributed by atoms with Gasteiger partial charge in [0, 0.05) is 29.4 Å². The maximum atomic E-state index is 10.5. The fourth-order valence-corrected chi connectivity index (χ4v) is 2.31. The number of halogens is 1. The van der Waals surface area contributed by atoms with Crippen molar-refractivity contribution in [1.29, 1.82) is 0 Å². The molecule has 3 nitrogen and oxygen atoms in total. The number of hydrogen-bond donors (Lipinski definition) is 1. The third-order valence-electron chi connectivity index (χ3n) is 3.22. The van der Waals surface area contributed by atoms with Crippen LogP contribution in [-0.4, -0.2) is 14.7 Å². The van der Waals surface area contributed by atoms with Crippen molar-refractivity contribution in [2.45, 2.75) is 25.4 Å². The van der Waals surface area contributed by atoms with E-state index >= 15 is 0 Å². The highest BCUT2D eigenvalue weighted by molar-refractivity contribution is 14.1. The Morgan fingerprint density at radius 3 is 2.56 bits per heavy atom. The first-order valence-corrected chi connectivity index (χ1v) is 7.01. The van der Waals surface area contributed by atoms with E-state index in [9.17, 15) is 5.11 Å². The van der Waals surface area contributed by atoms with Crippen molar-refractivity contribution in [2.24, 2.45) is 7.05 Å². The molecule has 1 N–H and O–H groups in total. The molecule has 0 aliphatic rings. The summed E-state index contributed by atoms with van der Waals surface area (Å²) in [5.41, 5.74) is 0.146. The van der Waals surface area contributed by atoms with Crippen LogP contribution in [0.4, 0.5) is 0 Å². The maximum absolute atomic E-state index is 10.5. The Balaban J connectivity index is 2.07. The van der Waals surface area contributed by atoms with Gasteiger partial charge in [0.25, 0.3) is 0 Å². The number of aromatic nitrogens is 2. The quantitative estimate of drug-likeness (QED) is 0.856. The first-order chi connectivity index (χ1) is 8.49. The normalized spacial score (nSPS) is 14.4. The minimum absolute atomic E-state index is 0.665. The highest BCUT2D eigenvalue weighted by atomic mass is 127. The minimum atomic E-state index is -0.809. The largest absolute Gasteiger partial charge is 0.385 e. The van der Waals surface area contributed by atoms with Crippen molar-refractivity contribution in [3.05, 3.63) is 51.6 Å². The molecule has 1 aromatic carbocycles. The smallest absolute Gasteiger partial charge is 0.108 e. The summed E-state index contributed by atoms with van der Waals surface area (Å²) >= 11 is 2.26. The van der Waals surface area contributed by atoms with Gasteiger partial charge < -0.3 is 9.67 Å². The molecule has 0 bridgehead atoms. The molecule has 2 rings (SSSR count). The monoisotopic (exact) mass is 356 g/mol. The van der Waals surface area contributed by atoms with Crippen molar-refractivity contribution >= 4 is 22.6 Å². The van der Waals surface area contributed by atoms with Crippen molar-refractivity contribution in [3.8, 4) is 0 Å². The topological polar surface area (TPSA) is 38.0 Å². The van der Waals surface area contributed by atoms with Crippen LogP contribution in [0.5, 0.6) is 0 Å². The molecule has 0 aliphatic carbocycles. The van der Waals surface area contributed by atoms with Crippen LogP contribution in [0.2, 0.25) is 0 Å². The van der Waals surface area contributed by atoms with Crippen LogP contribution >= 0.6 is 22.6 Å². The summed E-state index contributed by atoms with van der Waals surface area (Å²) in [4.78, 5) is 4.28. The zero-order chi connectivity index (χ0) is 13.2. The van der Waals surface area contributed by atoms with E-state index in [2.05, 4.69) is 27.6 Å². The number of imidazole rings is 1. The zero-order valence-electron chi connectivity index (χ0n) is 10.6. The van der Waals surface area contributed by atoms with Crippen LogP contribution in [0.1, 0.15) is 24.7 Å². The second-order valence-corrected chi connectivity index (χ2v) is 5.98. The van der Waals surface area contributed by atoms with E-state index in [0.717, 1.165) is 17.8 Å². The summed E-state index contributed by atoms with van der Waals surface area (Å²) in [7, 11) is 1.97. The summed E-state index contributed by atoms with van der Waals surface area (Å²) in [6, 6.07) is 8.01. The molecule has 1 atom stereocenters. The number of hydrogen-bond acceptors (Lipinski definition) is 2. The lowest BCUT2D eigenvalue weighted by atomic mass is 9.91. The molecule has 0 saturated carbocycles. The zero-order valence-corrected chi connectivity index (χ0v) is 12.8. The van der Waals surface area contributed by atoms with Gasteiger partial charge in [-0.2, -0.15) is 0 Å². The van der Waals surface area contributed by atoms with Gasteiger partial charge in [-0.25, -0.2) is 4.98 Å². The Labute approximate surface area is 121 Å². The molecule has 0 spiro atoms. The fraction of sp³-hybridized carbons (Fsp3) is 0.357. The van der Waals surface area contributed by atoms with Crippen LogP contribution in [0.15, 0.2) is 36.7 Å². The fourth-order valence-electron chi connectivity index (χ4n) is 1.95. The van der Waals surface area contributed by atoms with E-state index in [1.165, 1.54) is 3.57 Å².